The Balaban J connectivity index is 1.68. The number of nitrogens with zero attached hydrogens (tertiary/aromatic N) is 1. The van der Waals surface area contributed by atoms with Crippen molar-refractivity contribution in [1.29, 1.82) is 0 Å². The Kier molecular flexibility index (Phi) is 5.66. The summed E-state index contributed by atoms with van der Waals surface area (Å²) in [6.45, 7) is 4.94. The molecule has 1 fully saturated rings. The van der Waals surface area contributed by atoms with Gasteiger partial charge in [0.05, 0.1) is 13.2 Å². The number of benzene rings is 2. The first kappa shape index (κ1) is 21.2. The largest absolute Gasteiger partial charge is 0.494 e. The second-order valence-electron chi connectivity index (χ2n) is 8.18. The molecular weight excluding hydrogens is 462 g/mol. The molecule has 0 saturated carbocycles. The summed E-state index contributed by atoms with van der Waals surface area (Å²) in [5.74, 6) is 0.833. The minimum Gasteiger partial charge on any atom is -0.494 e. The third-order valence-electron chi connectivity index (χ3n) is 5.48. The van der Waals surface area contributed by atoms with E-state index in [2.05, 4.69) is 40.4 Å². The number of aromatic hydroxyl groups is 1. The Morgan fingerprint density at radius 1 is 1.16 bits per heavy atom. The van der Waals surface area contributed by atoms with Crippen LogP contribution in [0.15, 0.2) is 53.1 Å². The summed E-state index contributed by atoms with van der Waals surface area (Å²) < 4.78 is 8.26. The number of carbonyl (C=O) groups is 2. The SMILES string of the molecule is CC(C)CCOc1ccc2c(O)n(CC3(c4ccc(Br)cc4)NC(=O)NC3=O)cc2c1. The predicted octanol–water partition coefficient (Wildman–Crippen LogP) is 4.27. The van der Waals surface area contributed by atoms with Gasteiger partial charge in [-0.1, -0.05) is 41.9 Å². The number of ether oxygens (including phenoxy) is 1. The van der Waals surface area contributed by atoms with E-state index < -0.39 is 17.5 Å². The van der Waals surface area contributed by atoms with Crippen molar-refractivity contribution in [3.8, 4) is 11.6 Å². The summed E-state index contributed by atoms with van der Waals surface area (Å²) in [6.07, 6.45) is 2.72. The fourth-order valence-corrected chi connectivity index (χ4v) is 4.01. The standard InChI is InChI=1S/C23H24BrN3O4/c1-14(2)9-10-31-18-7-8-19-15(11-18)12-27(20(19)28)13-23(21(29)25-22(30)26-23)16-3-5-17(24)6-4-16/h3-8,11-12,14,28H,9-10,13H2,1-2H3,(H2,25,26,29,30). The van der Waals surface area contributed by atoms with Gasteiger partial charge in [-0.05, 0) is 48.2 Å². The lowest BCUT2D eigenvalue weighted by atomic mass is 9.90. The molecule has 3 aromatic rings. The highest BCUT2D eigenvalue weighted by molar-refractivity contribution is 9.10. The molecule has 2 aromatic carbocycles. The van der Waals surface area contributed by atoms with E-state index in [1.165, 1.54) is 0 Å². The normalized spacial score (nSPS) is 18.5. The topological polar surface area (TPSA) is 92.6 Å². The Bertz CT molecular complexity index is 1140. The Morgan fingerprint density at radius 2 is 1.90 bits per heavy atom. The summed E-state index contributed by atoms with van der Waals surface area (Å²) in [7, 11) is 0. The molecule has 3 amide bonds. The number of nitrogens with one attached hydrogen (secondary N) is 2. The highest BCUT2D eigenvalue weighted by atomic mass is 79.9. The van der Waals surface area contributed by atoms with Gasteiger partial charge >= 0.3 is 6.03 Å². The molecular formula is C23H24BrN3O4. The van der Waals surface area contributed by atoms with E-state index in [1.807, 2.05) is 24.3 Å². The Hall–Kier alpha value is -3.00. The molecule has 1 aliphatic heterocycles. The van der Waals surface area contributed by atoms with Crippen LogP contribution in [0.5, 0.6) is 11.6 Å². The quantitative estimate of drug-likeness (QED) is 0.435. The molecule has 0 aliphatic carbocycles. The molecule has 162 valence electrons. The number of rotatable bonds is 7. The number of urea groups is 1. The van der Waals surface area contributed by atoms with Crippen LogP contribution in [0.2, 0.25) is 0 Å². The summed E-state index contributed by atoms with van der Waals surface area (Å²) in [5.41, 5.74) is -0.713. The summed E-state index contributed by atoms with van der Waals surface area (Å²) in [4.78, 5) is 24.8. The van der Waals surface area contributed by atoms with Crippen molar-refractivity contribution in [3.63, 3.8) is 0 Å². The fraction of sp³-hybridized carbons (Fsp3) is 0.304. The lowest BCUT2D eigenvalue weighted by molar-refractivity contribution is -0.124. The van der Waals surface area contributed by atoms with Crippen LogP contribution in [0, 0.1) is 5.92 Å². The fourth-order valence-electron chi connectivity index (χ4n) is 3.75. The molecule has 0 bridgehead atoms. The van der Waals surface area contributed by atoms with Crippen LogP contribution in [0.3, 0.4) is 0 Å². The van der Waals surface area contributed by atoms with Crippen LogP contribution >= 0.6 is 15.9 Å². The maximum atomic E-state index is 12.8. The number of amides is 3. The molecule has 1 unspecified atom stereocenters. The lowest BCUT2D eigenvalue weighted by Gasteiger charge is -2.27. The molecule has 1 aliphatic rings. The molecule has 1 aromatic heterocycles. The average Bonchev–Trinajstić information content (AvgIpc) is 3.18. The van der Waals surface area contributed by atoms with Gasteiger partial charge in [0.15, 0.2) is 11.4 Å². The van der Waals surface area contributed by atoms with Crippen molar-refractivity contribution in [2.75, 3.05) is 6.61 Å². The van der Waals surface area contributed by atoms with Crippen LogP contribution in [0.25, 0.3) is 10.8 Å². The number of carbonyl (C=O) groups excluding carboxylic acids is 2. The maximum Gasteiger partial charge on any atom is 0.322 e. The zero-order valence-corrected chi connectivity index (χ0v) is 18.9. The van der Waals surface area contributed by atoms with E-state index in [-0.39, 0.29) is 12.4 Å². The second kappa shape index (κ2) is 8.26. The number of imide groups is 1. The van der Waals surface area contributed by atoms with Gasteiger partial charge in [0.1, 0.15) is 5.75 Å². The molecule has 0 radical (unpaired) electrons. The van der Waals surface area contributed by atoms with Gasteiger partial charge in [-0.25, -0.2) is 4.79 Å². The van der Waals surface area contributed by atoms with E-state index >= 15 is 0 Å². The van der Waals surface area contributed by atoms with Crippen molar-refractivity contribution in [2.45, 2.75) is 32.4 Å². The lowest BCUT2D eigenvalue weighted by Crippen LogP contribution is -2.47. The van der Waals surface area contributed by atoms with Gasteiger partial charge in [-0.2, -0.15) is 0 Å². The van der Waals surface area contributed by atoms with Gasteiger partial charge in [0, 0.05) is 21.4 Å². The summed E-state index contributed by atoms with van der Waals surface area (Å²) in [5, 5.41) is 17.3. The Morgan fingerprint density at radius 3 is 2.55 bits per heavy atom. The van der Waals surface area contributed by atoms with E-state index in [4.69, 9.17) is 4.74 Å². The van der Waals surface area contributed by atoms with Crippen molar-refractivity contribution in [2.24, 2.45) is 5.92 Å². The second-order valence-corrected chi connectivity index (χ2v) is 9.10. The van der Waals surface area contributed by atoms with Crippen molar-refractivity contribution >= 4 is 38.6 Å². The molecule has 0 spiro atoms. The van der Waals surface area contributed by atoms with Gasteiger partial charge in [-0.15, -0.1) is 0 Å². The van der Waals surface area contributed by atoms with Gasteiger partial charge in [0.25, 0.3) is 5.91 Å². The van der Waals surface area contributed by atoms with E-state index in [9.17, 15) is 14.7 Å². The molecule has 2 heterocycles. The third-order valence-corrected chi connectivity index (χ3v) is 6.01. The molecule has 3 N–H and O–H groups in total. The van der Waals surface area contributed by atoms with Crippen LogP contribution < -0.4 is 15.4 Å². The monoisotopic (exact) mass is 485 g/mol. The number of hydrogen-bond donors (Lipinski definition) is 3. The zero-order chi connectivity index (χ0) is 22.2. The Labute approximate surface area is 188 Å². The average molecular weight is 486 g/mol. The summed E-state index contributed by atoms with van der Waals surface area (Å²) >= 11 is 3.39. The van der Waals surface area contributed by atoms with Crippen LogP contribution in [-0.4, -0.2) is 28.2 Å². The smallest absolute Gasteiger partial charge is 0.322 e. The van der Waals surface area contributed by atoms with Crippen LogP contribution in [-0.2, 0) is 16.9 Å². The number of fused-ring (bicyclic) bond motifs is 1. The zero-order valence-electron chi connectivity index (χ0n) is 17.3. The summed E-state index contributed by atoms with van der Waals surface area (Å²) in [6, 6.07) is 12.1. The van der Waals surface area contributed by atoms with Crippen molar-refractivity contribution in [3.05, 3.63) is 58.7 Å². The van der Waals surface area contributed by atoms with Gasteiger partial charge in [-0.3, -0.25) is 10.1 Å². The molecule has 4 rings (SSSR count). The van der Waals surface area contributed by atoms with E-state index in [1.54, 1.807) is 29.0 Å². The van der Waals surface area contributed by atoms with Crippen molar-refractivity contribution < 1.29 is 19.4 Å². The number of halogens is 1. The van der Waals surface area contributed by atoms with Crippen molar-refractivity contribution in [1.82, 2.24) is 15.2 Å². The third kappa shape index (κ3) is 4.12. The highest BCUT2D eigenvalue weighted by Gasteiger charge is 2.48. The molecule has 1 saturated heterocycles. The predicted molar refractivity (Wildman–Crippen MR) is 121 cm³/mol. The molecule has 31 heavy (non-hydrogen) atoms. The first-order valence-electron chi connectivity index (χ1n) is 10.1. The molecule has 1 atom stereocenters. The minimum atomic E-state index is -1.33. The van der Waals surface area contributed by atoms with E-state index in [0.717, 1.165) is 22.0 Å². The van der Waals surface area contributed by atoms with Crippen LogP contribution in [0.1, 0.15) is 25.8 Å². The first-order valence-corrected chi connectivity index (χ1v) is 10.9. The van der Waals surface area contributed by atoms with Crippen LogP contribution in [0.4, 0.5) is 4.79 Å². The highest BCUT2D eigenvalue weighted by Crippen LogP contribution is 2.35. The maximum absolute atomic E-state index is 12.8. The number of aromatic nitrogens is 1. The van der Waals surface area contributed by atoms with Gasteiger partial charge in [0.2, 0.25) is 0 Å². The van der Waals surface area contributed by atoms with E-state index in [0.29, 0.717) is 23.5 Å². The molecule has 7 nitrogen and oxygen atoms in total. The first-order chi connectivity index (χ1) is 14.8. The minimum absolute atomic E-state index is 0.0224. The van der Waals surface area contributed by atoms with Gasteiger partial charge < -0.3 is 19.7 Å². The number of hydrogen-bond acceptors (Lipinski definition) is 4. The molecule has 8 heteroatoms.